The van der Waals surface area contributed by atoms with Gasteiger partial charge in [0.1, 0.15) is 0 Å². The van der Waals surface area contributed by atoms with Crippen molar-refractivity contribution in [3.05, 3.63) is 253 Å². The molecule has 0 bridgehead atoms. The molecule has 0 atom stereocenters. The Balaban J connectivity index is 1.14. The quantitative estimate of drug-likeness (QED) is 0.174. The molecule has 10 aromatic rings. The lowest BCUT2D eigenvalue weighted by Crippen LogP contribution is -2.29. The molecule has 0 unspecified atom stereocenters. The van der Waals surface area contributed by atoms with Crippen LogP contribution in [0.2, 0.25) is 0 Å². The Bertz CT molecular complexity index is 3230. The molecule has 1 aromatic heterocycles. The molecule has 0 fully saturated rings. The number of aromatic nitrogens is 2. The molecule has 61 heavy (non-hydrogen) atoms. The molecule has 2 aliphatic carbocycles. The van der Waals surface area contributed by atoms with Crippen molar-refractivity contribution in [2.24, 2.45) is 0 Å². The lowest BCUT2D eigenvalue weighted by molar-refractivity contribution is 0.775. The Morgan fingerprint density at radius 1 is 0.246 bits per heavy atom. The summed E-state index contributed by atoms with van der Waals surface area (Å²) in [6, 6.07) is 83.5. The van der Waals surface area contributed by atoms with Gasteiger partial charge < -0.3 is 0 Å². The minimum atomic E-state index is -0.583. The van der Waals surface area contributed by atoms with E-state index in [2.05, 4.69) is 231 Å². The zero-order valence-electron chi connectivity index (χ0n) is 33.3. The number of hydrogen-bond acceptors (Lipinski definition) is 2. The van der Waals surface area contributed by atoms with E-state index in [9.17, 15) is 0 Å². The van der Waals surface area contributed by atoms with Gasteiger partial charge in [-0.1, -0.05) is 224 Å². The fourth-order valence-electron chi connectivity index (χ4n) is 10.2. The maximum absolute atomic E-state index is 5.56. The average Bonchev–Trinajstić information content (AvgIpc) is 3.59. The second-order valence-corrected chi connectivity index (χ2v) is 16.0. The van der Waals surface area contributed by atoms with Crippen molar-refractivity contribution < 1.29 is 0 Å². The van der Waals surface area contributed by atoms with Crippen molar-refractivity contribution in [3.8, 4) is 89.5 Å². The molecular formula is C59H38N2. The zero-order valence-corrected chi connectivity index (χ0v) is 33.3. The van der Waals surface area contributed by atoms with Crippen molar-refractivity contribution in [2.45, 2.75) is 5.41 Å². The topological polar surface area (TPSA) is 25.8 Å². The van der Waals surface area contributed by atoms with Gasteiger partial charge in [-0.05, 0) is 84.0 Å². The summed E-state index contributed by atoms with van der Waals surface area (Å²) in [6.07, 6.45) is 0. The SMILES string of the molecule is c1ccc(-c2ccc(-c3cc(-c4cccc5c4-c4ccccc4C54c5ccccc5-c5ccccc5-c5ccccc54)nc(-c4ccccc4-c4ccccc4)n3)cc2)cc1. The summed E-state index contributed by atoms with van der Waals surface area (Å²) in [7, 11) is 0. The van der Waals surface area contributed by atoms with E-state index in [4.69, 9.17) is 9.97 Å². The molecule has 284 valence electrons. The number of hydrogen-bond donors (Lipinski definition) is 0. The lowest BCUT2D eigenvalue weighted by atomic mass is 9.66. The number of benzene rings is 9. The molecule has 2 aliphatic rings. The van der Waals surface area contributed by atoms with Crippen LogP contribution in [0, 0.1) is 0 Å². The summed E-state index contributed by atoms with van der Waals surface area (Å²) >= 11 is 0. The Morgan fingerprint density at radius 2 is 0.656 bits per heavy atom. The molecule has 12 rings (SSSR count). The van der Waals surface area contributed by atoms with Crippen LogP contribution in [0.4, 0.5) is 0 Å². The van der Waals surface area contributed by atoms with Crippen LogP contribution in [0.3, 0.4) is 0 Å². The highest BCUT2D eigenvalue weighted by molar-refractivity contribution is 6.00. The maximum atomic E-state index is 5.56. The third-order valence-electron chi connectivity index (χ3n) is 12.8. The third-order valence-corrected chi connectivity index (χ3v) is 12.8. The average molecular weight is 775 g/mol. The normalized spacial score (nSPS) is 12.7. The first kappa shape index (κ1) is 35.0. The molecule has 9 aromatic carbocycles. The second kappa shape index (κ2) is 14.1. The third kappa shape index (κ3) is 5.43. The summed E-state index contributed by atoms with van der Waals surface area (Å²) in [5, 5.41) is 0. The minimum absolute atomic E-state index is 0.583. The summed E-state index contributed by atoms with van der Waals surface area (Å²) in [4.78, 5) is 11.0. The van der Waals surface area contributed by atoms with Gasteiger partial charge in [-0.25, -0.2) is 9.97 Å². The molecule has 2 nitrogen and oxygen atoms in total. The van der Waals surface area contributed by atoms with Gasteiger partial charge in [0.25, 0.3) is 0 Å². The summed E-state index contributed by atoms with van der Waals surface area (Å²) in [5.41, 5.74) is 21.4. The number of nitrogens with zero attached hydrogens (tertiary/aromatic N) is 2. The van der Waals surface area contributed by atoms with Gasteiger partial charge >= 0.3 is 0 Å². The van der Waals surface area contributed by atoms with Crippen molar-refractivity contribution >= 4 is 0 Å². The van der Waals surface area contributed by atoms with E-state index >= 15 is 0 Å². The molecular weight excluding hydrogens is 737 g/mol. The molecule has 0 saturated heterocycles. The van der Waals surface area contributed by atoms with E-state index < -0.39 is 5.41 Å². The molecule has 0 radical (unpaired) electrons. The molecule has 2 heteroatoms. The second-order valence-electron chi connectivity index (χ2n) is 16.0. The standard InChI is InChI=1S/C59H38N2/c1-3-18-39(19-4-1)40-34-36-42(37-35-40)55-38-56(61-58(60-55)48-27-10-7-22-43(48)41-20-5-2-6-21-41)50-29-17-33-54-57(50)49-28-13-16-32-53(49)59(54)51-30-14-11-25-46(51)44-23-8-9-24-45(44)47-26-12-15-31-52(47)59/h1-38H. The minimum Gasteiger partial charge on any atom is -0.228 e. The van der Waals surface area contributed by atoms with E-state index in [0.717, 1.165) is 39.2 Å². The molecule has 1 spiro atoms. The summed E-state index contributed by atoms with van der Waals surface area (Å²) in [6.45, 7) is 0. The van der Waals surface area contributed by atoms with Gasteiger partial charge in [-0.15, -0.1) is 0 Å². The Labute approximate surface area is 356 Å². The highest BCUT2D eigenvalue weighted by Crippen LogP contribution is 2.62. The Morgan fingerprint density at radius 3 is 1.28 bits per heavy atom. The molecule has 0 aliphatic heterocycles. The Hall–Kier alpha value is -7.94. The predicted molar refractivity (Wildman–Crippen MR) is 251 cm³/mol. The largest absolute Gasteiger partial charge is 0.228 e. The summed E-state index contributed by atoms with van der Waals surface area (Å²) < 4.78 is 0. The predicted octanol–water partition coefficient (Wildman–Crippen LogP) is 14.8. The highest BCUT2D eigenvalue weighted by atomic mass is 14.9. The van der Waals surface area contributed by atoms with Crippen LogP contribution in [-0.4, -0.2) is 9.97 Å². The van der Waals surface area contributed by atoms with Gasteiger partial charge in [-0.2, -0.15) is 0 Å². The van der Waals surface area contributed by atoms with Crippen molar-refractivity contribution in [1.82, 2.24) is 9.97 Å². The monoisotopic (exact) mass is 774 g/mol. The van der Waals surface area contributed by atoms with Crippen LogP contribution >= 0.6 is 0 Å². The van der Waals surface area contributed by atoms with Gasteiger partial charge in [0.15, 0.2) is 5.82 Å². The number of fused-ring (bicyclic) bond motifs is 12. The molecule has 1 heterocycles. The van der Waals surface area contributed by atoms with Crippen molar-refractivity contribution in [3.63, 3.8) is 0 Å². The first-order chi connectivity index (χ1) is 30.3. The van der Waals surface area contributed by atoms with Crippen LogP contribution in [0.15, 0.2) is 231 Å². The van der Waals surface area contributed by atoms with Crippen molar-refractivity contribution in [1.29, 1.82) is 0 Å². The van der Waals surface area contributed by atoms with E-state index in [1.165, 1.54) is 66.8 Å². The fraction of sp³-hybridized carbons (Fsp3) is 0.0169. The van der Waals surface area contributed by atoms with E-state index in [0.29, 0.717) is 5.82 Å². The fourth-order valence-corrected chi connectivity index (χ4v) is 10.2. The maximum Gasteiger partial charge on any atom is 0.161 e. The number of rotatable bonds is 5. The van der Waals surface area contributed by atoms with Crippen LogP contribution in [0.25, 0.3) is 89.5 Å². The van der Waals surface area contributed by atoms with Gasteiger partial charge in [0.05, 0.1) is 16.8 Å². The van der Waals surface area contributed by atoms with Gasteiger partial charge in [-0.3, -0.25) is 0 Å². The smallest absolute Gasteiger partial charge is 0.161 e. The van der Waals surface area contributed by atoms with E-state index in [-0.39, 0.29) is 0 Å². The summed E-state index contributed by atoms with van der Waals surface area (Å²) in [5.74, 6) is 0.693. The van der Waals surface area contributed by atoms with Crippen LogP contribution in [-0.2, 0) is 5.41 Å². The van der Waals surface area contributed by atoms with Crippen molar-refractivity contribution in [2.75, 3.05) is 0 Å². The highest BCUT2D eigenvalue weighted by Gasteiger charge is 2.50. The zero-order chi connectivity index (χ0) is 40.3. The van der Waals surface area contributed by atoms with Gasteiger partial charge in [0.2, 0.25) is 0 Å². The van der Waals surface area contributed by atoms with E-state index in [1.54, 1.807) is 0 Å². The molecule has 0 N–H and O–H groups in total. The molecule has 0 saturated carbocycles. The first-order valence-corrected chi connectivity index (χ1v) is 21.0. The molecule has 0 amide bonds. The Kier molecular flexibility index (Phi) is 8.11. The van der Waals surface area contributed by atoms with Crippen LogP contribution in [0.1, 0.15) is 22.3 Å². The first-order valence-electron chi connectivity index (χ1n) is 21.0. The van der Waals surface area contributed by atoms with E-state index in [1.807, 2.05) is 0 Å². The lowest BCUT2D eigenvalue weighted by Gasteiger charge is -2.35. The van der Waals surface area contributed by atoms with Crippen LogP contribution in [0.5, 0.6) is 0 Å². The van der Waals surface area contributed by atoms with Crippen LogP contribution < -0.4 is 0 Å². The van der Waals surface area contributed by atoms with Gasteiger partial charge in [0, 0.05) is 16.7 Å².